The molecule has 0 spiro atoms. The van der Waals surface area contributed by atoms with Crippen molar-refractivity contribution in [2.75, 3.05) is 10.6 Å². The highest BCUT2D eigenvalue weighted by atomic mass is 15.2. The van der Waals surface area contributed by atoms with Gasteiger partial charge in [-0.3, -0.25) is 0 Å². The standard InChI is InChI=1S/C14H12N4/c15-7-13-2-1-3-14(17-13)18-8-10-4-5-12(16)6-11(10)9-18/h1-6H,8-9,16H2. The summed E-state index contributed by atoms with van der Waals surface area (Å²) in [5.41, 5.74) is 9.52. The van der Waals surface area contributed by atoms with Crippen molar-refractivity contribution in [1.82, 2.24) is 4.98 Å². The summed E-state index contributed by atoms with van der Waals surface area (Å²) in [4.78, 5) is 6.46. The Bertz CT molecular complexity index is 642. The lowest BCUT2D eigenvalue weighted by Crippen LogP contribution is -2.16. The van der Waals surface area contributed by atoms with Crippen LogP contribution in [0.5, 0.6) is 0 Å². The van der Waals surface area contributed by atoms with Crippen LogP contribution in [0.4, 0.5) is 11.5 Å². The van der Waals surface area contributed by atoms with Gasteiger partial charge < -0.3 is 10.6 Å². The molecule has 1 aromatic heterocycles. The third-order valence-corrected chi connectivity index (χ3v) is 3.13. The summed E-state index contributed by atoms with van der Waals surface area (Å²) in [5.74, 6) is 0.837. The summed E-state index contributed by atoms with van der Waals surface area (Å²) < 4.78 is 0. The zero-order chi connectivity index (χ0) is 12.5. The fourth-order valence-corrected chi connectivity index (χ4v) is 2.24. The van der Waals surface area contributed by atoms with Gasteiger partial charge in [-0.25, -0.2) is 4.98 Å². The van der Waals surface area contributed by atoms with Gasteiger partial charge in [-0.05, 0) is 35.4 Å². The van der Waals surface area contributed by atoms with E-state index < -0.39 is 0 Å². The Hall–Kier alpha value is -2.54. The lowest BCUT2D eigenvalue weighted by Gasteiger charge is -2.16. The van der Waals surface area contributed by atoms with Crippen molar-refractivity contribution < 1.29 is 0 Å². The van der Waals surface area contributed by atoms with Gasteiger partial charge in [-0.2, -0.15) is 5.26 Å². The number of benzene rings is 1. The van der Waals surface area contributed by atoms with E-state index in [1.54, 1.807) is 6.07 Å². The Balaban J connectivity index is 1.91. The third kappa shape index (κ3) is 1.76. The highest BCUT2D eigenvalue weighted by molar-refractivity contribution is 5.53. The smallest absolute Gasteiger partial charge is 0.142 e. The topological polar surface area (TPSA) is 65.9 Å². The minimum Gasteiger partial charge on any atom is -0.399 e. The average Bonchev–Trinajstić information content (AvgIpc) is 2.81. The second-order valence-electron chi connectivity index (χ2n) is 4.38. The van der Waals surface area contributed by atoms with E-state index in [1.807, 2.05) is 24.3 Å². The number of nitriles is 1. The molecule has 1 aromatic carbocycles. The van der Waals surface area contributed by atoms with Crippen LogP contribution in [0.1, 0.15) is 16.8 Å². The largest absolute Gasteiger partial charge is 0.399 e. The van der Waals surface area contributed by atoms with Crippen LogP contribution in [-0.4, -0.2) is 4.98 Å². The van der Waals surface area contributed by atoms with E-state index in [-0.39, 0.29) is 0 Å². The Kier molecular flexibility index (Phi) is 2.38. The van der Waals surface area contributed by atoms with E-state index in [2.05, 4.69) is 22.0 Å². The van der Waals surface area contributed by atoms with Gasteiger partial charge in [0.25, 0.3) is 0 Å². The lowest BCUT2D eigenvalue weighted by atomic mass is 10.1. The Morgan fingerprint density at radius 3 is 2.83 bits per heavy atom. The highest BCUT2D eigenvalue weighted by Gasteiger charge is 2.20. The number of nitrogen functional groups attached to an aromatic ring is 1. The van der Waals surface area contributed by atoms with E-state index in [0.29, 0.717) is 5.69 Å². The van der Waals surface area contributed by atoms with E-state index in [9.17, 15) is 0 Å². The molecule has 2 aromatic rings. The maximum atomic E-state index is 8.87. The summed E-state index contributed by atoms with van der Waals surface area (Å²) in [6, 6.07) is 13.5. The number of aromatic nitrogens is 1. The van der Waals surface area contributed by atoms with Crippen molar-refractivity contribution in [2.45, 2.75) is 13.1 Å². The van der Waals surface area contributed by atoms with Gasteiger partial charge in [-0.15, -0.1) is 0 Å². The van der Waals surface area contributed by atoms with E-state index >= 15 is 0 Å². The van der Waals surface area contributed by atoms with E-state index in [1.165, 1.54) is 11.1 Å². The molecule has 3 rings (SSSR count). The fourth-order valence-electron chi connectivity index (χ4n) is 2.24. The van der Waals surface area contributed by atoms with Crippen molar-refractivity contribution in [2.24, 2.45) is 0 Å². The number of nitrogens with zero attached hydrogens (tertiary/aromatic N) is 3. The first kappa shape index (κ1) is 10.6. The summed E-state index contributed by atoms with van der Waals surface area (Å²) >= 11 is 0. The molecule has 1 aliphatic rings. The van der Waals surface area contributed by atoms with Gasteiger partial charge in [0.15, 0.2) is 0 Å². The Labute approximate surface area is 105 Å². The highest BCUT2D eigenvalue weighted by Crippen LogP contribution is 2.28. The maximum Gasteiger partial charge on any atom is 0.142 e. The lowest BCUT2D eigenvalue weighted by molar-refractivity contribution is 0.855. The number of nitrogens with two attached hydrogens (primary N) is 1. The summed E-state index contributed by atoms with van der Waals surface area (Å²) in [6.07, 6.45) is 0. The molecule has 0 fully saturated rings. The molecule has 0 bridgehead atoms. The number of hydrogen-bond acceptors (Lipinski definition) is 4. The Morgan fingerprint density at radius 2 is 2.00 bits per heavy atom. The zero-order valence-electron chi connectivity index (χ0n) is 9.80. The summed E-state index contributed by atoms with van der Waals surface area (Å²) in [5, 5.41) is 8.87. The molecular formula is C14H12N4. The molecular weight excluding hydrogens is 224 g/mol. The van der Waals surface area contributed by atoms with Crippen LogP contribution in [0.3, 0.4) is 0 Å². The average molecular weight is 236 g/mol. The van der Waals surface area contributed by atoms with Gasteiger partial charge in [0.05, 0.1) is 0 Å². The first-order valence-corrected chi connectivity index (χ1v) is 5.75. The normalized spacial score (nSPS) is 13.2. The van der Waals surface area contributed by atoms with Gasteiger partial charge in [0, 0.05) is 18.8 Å². The molecule has 0 aliphatic carbocycles. The first-order valence-electron chi connectivity index (χ1n) is 5.75. The van der Waals surface area contributed by atoms with Crippen molar-refractivity contribution in [1.29, 1.82) is 5.26 Å². The van der Waals surface area contributed by atoms with Gasteiger partial charge in [-0.1, -0.05) is 12.1 Å². The minimum absolute atomic E-state index is 0.447. The van der Waals surface area contributed by atoms with Crippen molar-refractivity contribution in [3.8, 4) is 6.07 Å². The molecule has 18 heavy (non-hydrogen) atoms. The molecule has 0 saturated heterocycles. The third-order valence-electron chi connectivity index (χ3n) is 3.13. The quantitative estimate of drug-likeness (QED) is 0.769. The van der Waals surface area contributed by atoms with Crippen LogP contribution in [0.2, 0.25) is 0 Å². The second kappa shape index (κ2) is 4.04. The van der Waals surface area contributed by atoms with Crippen molar-refractivity contribution >= 4 is 11.5 Å². The van der Waals surface area contributed by atoms with Crippen molar-refractivity contribution in [3.05, 3.63) is 53.2 Å². The molecule has 0 unspecified atom stereocenters. The number of fused-ring (bicyclic) bond motifs is 1. The zero-order valence-corrected chi connectivity index (χ0v) is 9.80. The number of hydrogen-bond donors (Lipinski definition) is 1. The number of pyridine rings is 1. The molecule has 2 N–H and O–H groups in total. The minimum atomic E-state index is 0.447. The molecule has 1 aliphatic heterocycles. The summed E-state index contributed by atoms with van der Waals surface area (Å²) in [6.45, 7) is 1.61. The fraction of sp³-hybridized carbons (Fsp3) is 0.143. The number of anilines is 2. The predicted molar refractivity (Wildman–Crippen MR) is 69.7 cm³/mol. The van der Waals surface area contributed by atoms with Gasteiger partial charge >= 0.3 is 0 Å². The second-order valence-corrected chi connectivity index (χ2v) is 4.38. The predicted octanol–water partition coefficient (Wildman–Crippen LogP) is 2.06. The van der Waals surface area contributed by atoms with Gasteiger partial charge in [0.2, 0.25) is 0 Å². The maximum absolute atomic E-state index is 8.87. The molecule has 0 saturated carbocycles. The van der Waals surface area contributed by atoms with Crippen molar-refractivity contribution in [3.63, 3.8) is 0 Å². The van der Waals surface area contributed by atoms with Crippen LogP contribution in [0.25, 0.3) is 0 Å². The first-order chi connectivity index (χ1) is 8.76. The van der Waals surface area contributed by atoms with Crippen LogP contribution >= 0.6 is 0 Å². The molecule has 2 heterocycles. The molecule has 0 amide bonds. The molecule has 0 atom stereocenters. The SMILES string of the molecule is N#Cc1cccc(N2Cc3ccc(N)cc3C2)n1. The summed E-state index contributed by atoms with van der Waals surface area (Å²) in [7, 11) is 0. The molecule has 4 nitrogen and oxygen atoms in total. The molecule has 88 valence electrons. The van der Waals surface area contributed by atoms with Crippen LogP contribution in [0, 0.1) is 11.3 Å². The number of rotatable bonds is 1. The Morgan fingerprint density at radius 1 is 1.17 bits per heavy atom. The van der Waals surface area contributed by atoms with Crippen LogP contribution in [-0.2, 0) is 13.1 Å². The van der Waals surface area contributed by atoms with E-state index in [4.69, 9.17) is 11.0 Å². The van der Waals surface area contributed by atoms with Crippen LogP contribution < -0.4 is 10.6 Å². The monoisotopic (exact) mass is 236 g/mol. The van der Waals surface area contributed by atoms with E-state index in [0.717, 1.165) is 24.6 Å². The molecule has 0 radical (unpaired) electrons. The molecule has 4 heteroatoms. The van der Waals surface area contributed by atoms with Gasteiger partial charge in [0.1, 0.15) is 17.6 Å². The van der Waals surface area contributed by atoms with Crippen LogP contribution in [0.15, 0.2) is 36.4 Å².